The number of nitrogens with zero attached hydrogens (tertiary/aromatic N) is 2. The summed E-state index contributed by atoms with van der Waals surface area (Å²) in [6.07, 6.45) is 0. The second-order valence-corrected chi connectivity index (χ2v) is 6.08. The molecular formula is C19H15N3O3S. The van der Waals surface area contributed by atoms with E-state index in [4.69, 9.17) is 14.7 Å². The van der Waals surface area contributed by atoms with Crippen LogP contribution in [-0.4, -0.2) is 25.1 Å². The van der Waals surface area contributed by atoms with Gasteiger partial charge in [-0.3, -0.25) is 10.1 Å². The number of rotatable bonds is 5. The number of benzene rings is 2. The minimum Gasteiger partial charge on any atom is -0.493 e. The molecule has 1 amide bonds. The van der Waals surface area contributed by atoms with Crippen LogP contribution in [-0.2, 0) is 0 Å². The van der Waals surface area contributed by atoms with Gasteiger partial charge in [-0.1, -0.05) is 18.2 Å². The minimum absolute atomic E-state index is 0.332. The molecule has 0 fully saturated rings. The Morgan fingerprint density at radius 1 is 1.15 bits per heavy atom. The van der Waals surface area contributed by atoms with Crippen molar-refractivity contribution in [2.75, 3.05) is 19.5 Å². The zero-order chi connectivity index (χ0) is 18.5. The molecule has 0 radical (unpaired) electrons. The molecule has 0 bridgehead atoms. The van der Waals surface area contributed by atoms with Crippen molar-refractivity contribution in [3.63, 3.8) is 0 Å². The summed E-state index contributed by atoms with van der Waals surface area (Å²) in [5.74, 6) is 0.524. The van der Waals surface area contributed by atoms with Gasteiger partial charge in [0, 0.05) is 10.9 Å². The first kappa shape index (κ1) is 17.5. The van der Waals surface area contributed by atoms with E-state index in [0.717, 1.165) is 11.3 Å². The third-order valence-corrected chi connectivity index (χ3v) is 4.44. The number of anilines is 1. The van der Waals surface area contributed by atoms with Crippen LogP contribution in [0.4, 0.5) is 5.13 Å². The number of ether oxygens (including phenoxy) is 2. The average molecular weight is 365 g/mol. The van der Waals surface area contributed by atoms with Gasteiger partial charge in [-0.15, -0.1) is 11.3 Å². The summed E-state index contributed by atoms with van der Waals surface area (Å²) >= 11 is 1.32. The van der Waals surface area contributed by atoms with Crippen molar-refractivity contribution in [2.24, 2.45) is 0 Å². The molecule has 1 aromatic heterocycles. The summed E-state index contributed by atoms with van der Waals surface area (Å²) in [7, 11) is 3.01. The largest absolute Gasteiger partial charge is 0.493 e. The molecular weight excluding hydrogens is 350 g/mol. The zero-order valence-electron chi connectivity index (χ0n) is 14.1. The SMILES string of the molecule is COc1cccc(C(=O)Nc2nc(-c3ccc(C#N)cc3)cs2)c1OC. The highest BCUT2D eigenvalue weighted by Gasteiger charge is 2.17. The highest BCUT2D eigenvalue weighted by atomic mass is 32.1. The van der Waals surface area contributed by atoms with Crippen LogP contribution in [0.15, 0.2) is 47.8 Å². The molecule has 0 spiro atoms. The van der Waals surface area contributed by atoms with Crippen molar-refractivity contribution in [2.45, 2.75) is 0 Å². The molecule has 3 rings (SSSR count). The molecule has 0 aliphatic carbocycles. The van der Waals surface area contributed by atoms with Crippen molar-refractivity contribution >= 4 is 22.4 Å². The molecule has 1 N–H and O–H groups in total. The van der Waals surface area contributed by atoms with Crippen LogP contribution in [0.2, 0.25) is 0 Å². The molecule has 0 saturated heterocycles. The fourth-order valence-corrected chi connectivity index (χ4v) is 3.12. The Bertz CT molecular complexity index is 974. The summed E-state index contributed by atoms with van der Waals surface area (Å²) in [6.45, 7) is 0. The molecule has 130 valence electrons. The van der Waals surface area contributed by atoms with Gasteiger partial charge in [-0.05, 0) is 24.3 Å². The molecule has 0 saturated carbocycles. The van der Waals surface area contributed by atoms with Gasteiger partial charge in [-0.2, -0.15) is 5.26 Å². The fraction of sp³-hybridized carbons (Fsp3) is 0.105. The first-order chi connectivity index (χ1) is 12.7. The number of para-hydroxylation sites is 1. The second kappa shape index (κ2) is 7.68. The molecule has 6 nitrogen and oxygen atoms in total. The minimum atomic E-state index is -0.332. The van der Waals surface area contributed by atoms with E-state index >= 15 is 0 Å². The number of nitrogens with one attached hydrogen (secondary N) is 1. The Morgan fingerprint density at radius 3 is 2.58 bits per heavy atom. The lowest BCUT2D eigenvalue weighted by Gasteiger charge is -2.11. The number of nitriles is 1. The maximum Gasteiger partial charge on any atom is 0.261 e. The first-order valence-corrected chi connectivity index (χ1v) is 8.52. The Labute approximate surface area is 154 Å². The molecule has 0 atom stereocenters. The summed E-state index contributed by atoms with van der Waals surface area (Å²) in [5, 5.41) is 14.0. The van der Waals surface area contributed by atoms with Crippen LogP contribution < -0.4 is 14.8 Å². The molecule has 26 heavy (non-hydrogen) atoms. The van der Waals surface area contributed by atoms with Gasteiger partial charge >= 0.3 is 0 Å². The van der Waals surface area contributed by atoms with Gasteiger partial charge in [0.25, 0.3) is 5.91 Å². The Kier molecular flexibility index (Phi) is 5.15. The normalized spacial score (nSPS) is 10.0. The lowest BCUT2D eigenvalue weighted by atomic mass is 10.1. The summed E-state index contributed by atoms with van der Waals surface area (Å²) in [5.41, 5.74) is 2.55. The van der Waals surface area contributed by atoms with E-state index in [1.54, 1.807) is 30.3 Å². The van der Waals surface area contributed by atoms with E-state index in [0.29, 0.717) is 27.8 Å². The number of aromatic nitrogens is 1. The standard InChI is InChI=1S/C19H15N3O3S/c1-24-16-5-3-4-14(17(16)25-2)18(23)22-19-21-15(11-26-19)13-8-6-12(10-20)7-9-13/h3-9,11H,1-2H3,(H,21,22,23). The topological polar surface area (TPSA) is 84.2 Å². The number of hydrogen-bond donors (Lipinski definition) is 1. The Hall–Kier alpha value is -3.37. The van der Waals surface area contributed by atoms with E-state index in [9.17, 15) is 4.79 Å². The molecule has 2 aromatic carbocycles. The monoisotopic (exact) mass is 365 g/mol. The predicted octanol–water partition coefficient (Wildman–Crippen LogP) is 3.95. The number of methoxy groups -OCH3 is 2. The van der Waals surface area contributed by atoms with E-state index in [2.05, 4.69) is 16.4 Å². The maximum atomic E-state index is 12.6. The molecule has 0 aliphatic heterocycles. The lowest BCUT2D eigenvalue weighted by Crippen LogP contribution is -2.13. The third-order valence-electron chi connectivity index (χ3n) is 3.68. The zero-order valence-corrected chi connectivity index (χ0v) is 15.0. The van der Waals surface area contributed by atoms with E-state index < -0.39 is 0 Å². The summed E-state index contributed by atoms with van der Waals surface area (Å²) in [6, 6.07) is 14.3. The summed E-state index contributed by atoms with van der Waals surface area (Å²) in [4.78, 5) is 17.0. The Balaban J connectivity index is 1.81. The molecule has 0 unspecified atom stereocenters. The van der Waals surface area contributed by atoms with Crippen LogP contribution >= 0.6 is 11.3 Å². The van der Waals surface area contributed by atoms with E-state index in [1.165, 1.54) is 25.6 Å². The van der Waals surface area contributed by atoms with Gasteiger partial charge in [0.05, 0.1) is 37.1 Å². The number of carbonyl (C=O) groups excluding carboxylic acids is 1. The first-order valence-electron chi connectivity index (χ1n) is 7.64. The van der Waals surface area contributed by atoms with Crippen LogP contribution in [0.25, 0.3) is 11.3 Å². The highest BCUT2D eigenvalue weighted by Crippen LogP contribution is 2.32. The quantitative estimate of drug-likeness (QED) is 0.740. The average Bonchev–Trinajstić information content (AvgIpc) is 3.15. The van der Waals surface area contributed by atoms with Crippen LogP contribution in [0.3, 0.4) is 0 Å². The Morgan fingerprint density at radius 2 is 1.92 bits per heavy atom. The number of hydrogen-bond acceptors (Lipinski definition) is 6. The van der Waals surface area contributed by atoms with Crippen LogP contribution in [0, 0.1) is 11.3 Å². The van der Waals surface area contributed by atoms with E-state index in [-0.39, 0.29) is 5.91 Å². The van der Waals surface area contributed by atoms with Crippen molar-refractivity contribution < 1.29 is 14.3 Å². The number of thiazole rings is 1. The number of carbonyl (C=O) groups is 1. The predicted molar refractivity (Wildman–Crippen MR) is 99.8 cm³/mol. The van der Waals surface area contributed by atoms with Crippen LogP contribution in [0.1, 0.15) is 15.9 Å². The maximum absolute atomic E-state index is 12.6. The van der Waals surface area contributed by atoms with Gasteiger partial charge in [0.2, 0.25) is 0 Å². The smallest absolute Gasteiger partial charge is 0.261 e. The van der Waals surface area contributed by atoms with Gasteiger partial charge < -0.3 is 9.47 Å². The highest BCUT2D eigenvalue weighted by molar-refractivity contribution is 7.14. The molecule has 1 heterocycles. The second-order valence-electron chi connectivity index (χ2n) is 5.22. The van der Waals surface area contributed by atoms with Gasteiger partial charge in [0.15, 0.2) is 16.6 Å². The van der Waals surface area contributed by atoms with Crippen LogP contribution in [0.5, 0.6) is 11.5 Å². The molecule has 7 heteroatoms. The fourth-order valence-electron chi connectivity index (χ4n) is 2.41. The van der Waals surface area contributed by atoms with Crippen molar-refractivity contribution in [3.8, 4) is 28.8 Å². The van der Waals surface area contributed by atoms with Crippen molar-refractivity contribution in [1.82, 2.24) is 4.98 Å². The van der Waals surface area contributed by atoms with Gasteiger partial charge in [-0.25, -0.2) is 4.98 Å². The van der Waals surface area contributed by atoms with Crippen molar-refractivity contribution in [1.29, 1.82) is 5.26 Å². The lowest BCUT2D eigenvalue weighted by molar-refractivity contribution is 0.102. The molecule has 3 aromatic rings. The van der Waals surface area contributed by atoms with Gasteiger partial charge in [0.1, 0.15) is 0 Å². The molecule has 0 aliphatic rings. The van der Waals surface area contributed by atoms with Crippen molar-refractivity contribution in [3.05, 3.63) is 59.0 Å². The summed E-state index contributed by atoms with van der Waals surface area (Å²) < 4.78 is 10.5. The van der Waals surface area contributed by atoms with E-state index in [1.807, 2.05) is 17.5 Å². The third kappa shape index (κ3) is 3.50. The number of amides is 1.